The SMILES string of the molecule is CCCCNC(=O)[C@@H](C)N(Cc1cccc(Cl)c1)C(=O)CCCN(c1cc(Cl)ccc1Cl)S(C)(=O)=O. The Kier molecular flexibility index (Phi) is 11.8. The Balaban J connectivity index is 2.18. The van der Waals surface area contributed by atoms with Crippen LogP contribution in [0.1, 0.15) is 45.1 Å². The molecule has 2 rings (SSSR count). The van der Waals surface area contributed by atoms with Crippen LogP contribution in [0.4, 0.5) is 5.69 Å². The van der Waals surface area contributed by atoms with Crippen LogP contribution in [0.2, 0.25) is 15.1 Å². The van der Waals surface area contributed by atoms with Gasteiger partial charge in [0.1, 0.15) is 6.04 Å². The first kappa shape index (κ1) is 30.2. The van der Waals surface area contributed by atoms with Crippen molar-refractivity contribution in [2.75, 3.05) is 23.7 Å². The van der Waals surface area contributed by atoms with E-state index in [0.29, 0.717) is 16.6 Å². The van der Waals surface area contributed by atoms with Crippen molar-refractivity contribution in [3.8, 4) is 0 Å². The van der Waals surface area contributed by atoms with Crippen molar-refractivity contribution in [3.63, 3.8) is 0 Å². The molecule has 0 saturated heterocycles. The molecule has 2 amide bonds. The second-order valence-corrected chi connectivity index (χ2v) is 11.7. The molecule has 0 heterocycles. The lowest BCUT2D eigenvalue weighted by Crippen LogP contribution is -2.48. The molecule has 0 radical (unpaired) electrons. The highest BCUT2D eigenvalue weighted by molar-refractivity contribution is 7.92. The van der Waals surface area contributed by atoms with Crippen molar-refractivity contribution < 1.29 is 18.0 Å². The van der Waals surface area contributed by atoms with E-state index in [2.05, 4.69) is 5.32 Å². The summed E-state index contributed by atoms with van der Waals surface area (Å²) >= 11 is 18.4. The smallest absolute Gasteiger partial charge is 0.242 e. The summed E-state index contributed by atoms with van der Waals surface area (Å²) in [4.78, 5) is 27.5. The first-order valence-corrected chi connectivity index (χ1v) is 14.7. The first-order valence-electron chi connectivity index (χ1n) is 11.7. The van der Waals surface area contributed by atoms with E-state index in [1.165, 1.54) is 17.0 Å². The fourth-order valence-corrected chi connectivity index (χ4v) is 5.23. The van der Waals surface area contributed by atoms with Crippen molar-refractivity contribution in [1.29, 1.82) is 0 Å². The summed E-state index contributed by atoms with van der Waals surface area (Å²) in [5.74, 6) is -0.527. The molecule has 36 heavy (non-hydrogen) atoms. The Labute approximate surface area is 228 Å². The lowest BCUT2D eigenvalue weighted by atomic mass is 10.1. The Bertz CT molecular complexity index is 1160. The summed E-state index contributed by atoms with van der Waals surface area (Å²) in [7, 11) is -3.68. The minimum absolute atomic E-state index is 0.0206. The fourth-order valence-electron chi connectivity index (χ4n) is 3.61. The number of sulfonamides is 1. The van der Waals surface area contributed by atoms with Crippen LogP contribution >= 0.6 is 34.8 Å². The van der Waals surface area contributed by atoms with Gasteiger partial charge in [-0.2, -0.15) is 0 Å². The Morgan fingerprint density at radius 2 is 1.72 bits per heavy atom. The Morgan fingerprint density at radius 3 is 2.36 bits per heavy atom. The molecule has 0 fully saturated rings. The predicted octanol–water partition coefficient (Wildman–Crippen LogP) is 5.53. The molecule has 0 unspecified atom stereocenters. The number of hydrogen-bond acceptors (Lipinski definition) is 4. The largest absolute Gasteiger partial charge is 0.354 e. The standard InChI is InChI=1S/C25H32Cl3N3O4S/c1-4-5-13-29-25(33)18(2)30(17-19-8-6-9-20(26)15-19)24(32)10-7-14-31(36(3,34)35)23-16-21(27)11-12-22(23)28/h6,8-9,11-12,15-16,18H,4-5,7,10,13-14,17H2,1-3H3,(H,29,33)/t18-/m1/s1. The third kappa shape index (κ3) is 9.14. The number of halogens is 3. The highest BCUT2D eigenvalue weighted by atomic mass is 35.5. The second-order valence-electron chi connectivity index (χ2n) is 8.51. The van der Waals surface area contributed by atoms with Gasteiger partial charge in [-0.05, 0) is 55.7 Å². The molecule has 0 aromatic heterocycles. The molecular formula is C25H32Cl3N3O4S. The van der Waals surface area contributed by atoms with E-state index in [0.717, 1.165) is 29.0 Å². The minimum atomic E-state index is -3.68. The van der Waals surface area contributed by atoms with Crippen LogP contribution in [-0.2, 0) is 26.2 Å². The zero-order valence-electron chi connectivity index (χ0n) is 20.6. The van der Waals surface area contributed by atoms with Crippen LogP contribution in [0.25, 0.3) is 0 Å². The first-order chi connectivity index (χ1) is 16.9. The van der Waals surface area contributed by atoms with Gasteiger partial charge in [0.2, 0.25) is 21.8 Å². The number of carbonyl (C=O) groups is 2. The Morgan fingerprint density at radius 1 is 1.03 bits per heavy atom. The molecule has 0 spiro atoms. The Hall–Kier alpha value is -2.00. The van der Waals surface area contributed by atoms with E-state index in [1.807, 2.05) is 13.0 Å². The van der Waals surface area contributed by atoms with Crippen LogP contribution in [0.15, 0.2) is 42.5 Å². The normalized spacial score (nSPS) is 12.2. The van der Waals surface area contributed by atoms with Crippen LogP contribution in [0.5, 0.6) is 0 Å². The second kappa shape index (κ2) is 14.1. The van der Waals surface area contributed by atoms with E-state index in [-0.39, 0.29) is 48.5 Å². The number of hydrogen-bond donors (Lipinski definition) is 1. The summed E-state index contributed by atoms with van der Waals surface area (Å²) in [5.41, 5.74) is 1.03. The predicted molar refractivity (Wildman–Crippen MR) is 147 cm³/mol. The molecule has 7 nitrogen and oxygen atoms in total. The quantitative estimate of drug-likeness (QED) is 0.318. The van der Waals surface area contributed by atoms with Gasteiger partial charge in [-0.25, -0.2) is 8.42 Å². The van der Waals surface area contributed by atoms with Gasteiger partial charge in [0.15, 0.2) is 0 Å². The third-order valence-electron chi connectivity index (χ3n) is 5.57. The van der Waals surface area contributed by atoms with E-state index >= 15 is 0 Å². The zero-order valence-corrected chi connectivity index (χ0v) is 23.7. The maximum atomic E-state index is 13.3. The highest BCUT2D eigenvalue weighted by Crippen LogP contribution is 2.31. The fraction of sp³-hybridized carbons (Fsp3) is 0.440. The molecule has 0 aliphatic heterocycles. The number of carbonyl (C=O) groups excluding carboxylic acids is 2. The molecule has 0 aliphatic rings. The molecule has 1 atom stereocenters. The van der Waals surface area contributed by atoms with Gasteiger partial charge in [0.05, 0.1) is 17.0 Å². The molecule has 0 bridgehead atoms. The zero-order chi connectivity index (χ0) is 26.9. The van der Waals surface area contributed by atoms with Gasteiger partial charge in [-0.3, -0.25) is 13.9 Å². The lowest BCUT2D eigenvalue weighted by Gasteiger charge is -2.29. The van der Waals surface area contributed by atoms with Gasteiger partial charge < -0.3 is 10.2 Å². The van der Waals surface area contributed by atoms with Gasteiger partial charge >= 0.3 is 0 Å². The van der Waals surface area contributed by atoms with Gasteiger partial charge in [0, 0.05) is 36.1 Å². The van der Waals surface area contributed by atoms with E-state index < -0.39 is 16.1 Å². The maximum absolute atomic E-state index is 13.3. The molecule has 2 aromatic carbocycles. The molecule has 11 heteroatoms. The summed E-state index contributed by atoms with van der Waals surface area (Å²) < 4.78 is 26.1. The minimum Gasteiger partial charge on any atom is -0.354 e. The van der Waals surface area contributed by atoms with Crippen LogP contribution < -0.4 is 9.62 Å². The third-order valence-corrected chi connectivity index (χ3v) is 7.54. The average molecular weight is 577 g/mol. The van der Waals surface area contributed by atoms with Crippen molar-refractivity contribution in [3.05, 3.63) is 63.1 Å². The van der Waals surface area contributed by atoms with Gasteiger partial charge in [0.25, 0.3) is 0 Å². The van der Waals surface area contributed by atoms with Crippen molar-refractivity contribution in [2.45, 2.75) is 52.1 Å². The lowest BCUT2D eigenvalue weighted by molar-refractivity contribution is -0.140. The number of amides is 2. The molecule has 1 N–H and O–H groups in total. The number of benzene rings is 2. The summed E-state index contributed by atoms with van der Waals surface area (Å²) in [6.07, 6.45) is 3.09. The maximum Gasteiger partial charge on any atom is 0.242 e. The summed E-state index contributed by atoms with van der Waals surface area (Å²) in [6.45, 7) is 4.45. The number of anilines is 1. The van der Waals surface area contributed by atoms with Crippen molar-refractivity contribution in [2.24, 2.45) is 0 Å². The molecule has 2 aromatic rings. The summed E-state index contributed by atoms with van der Waals surface area (Å²) in [6, 6.07) is 10.9. The number of rotatable bonds is 13. The van der Waals surface area contributed by atoms with Crippen molar-refractivity contribution >= 4 is 62.3 Å². The van der Waals surface area contributed by atoms with Crippen LogP contribution in [0.3, 0.4) is 0 Å². The average Bonchev–Trinajstić information content (AvgIpc) is 2.81. The van der Waals surface area contributed by atoms with E-state index in [9.17, 15) is 18.0 Å². The number of unbranched alkanes of at least 4 members (excludes halogenated alkanes) is 1. The molecular weight excluding hydrogens is 545 g/mol. The van der Waals surface area contributed by atoms with Gasteiger partial charge in [-0.15, -0.1) is 0 Å². The molecule has 198 valence electrons. The summed E-state index contributed by atoms with van der Waals surface area (Å²) in [5, 5.41) is 3.97. The molecule has 0 saturated carbocycles. The van der Waals surface area contributed by atoms with Crippen LogP contribution in [-0.4, -0.2) is 50.5 Å². The van der Waals surface area contributed by atoms with Crippen LogP contribution in [0, 0.1) is 0 Å². The topological polar surface area (TPSA) is 86.8 Å². The molecule has 0 aliphatic carbocycles. The van der Waals surface area contributed by atoms with E-state index in [4.69, 9.17) is 34.8 Å². The van der Waals surface area contributed by atoms with Crippen molar-refractivity contribution in [1.82, 2.24) is 10.2 Å². The number of nitrogens with zero attached hydrogens (tertiary/aromatic N) is 2. The van der Waals surface area contributed by atoms with Gasteiger partial charge in [-0.1, -0.05) is 60.3 Å². The highest BCUT2D eigenvalue weighted by Gasteiger charge is 2.27. The monoisotopic (exact) mass is 575 g/mol. The van der Waals surface area contributed by atoms with E-state index in [1.54, 1.807) is 31.2 Å². The number of nitrogens with one attached hydrogen (secondary N) is 1.